The van der Waals surface area contributed by atoms with Gasteiger partial charge in [0.1, 0.15) is 0 Å². The molecule has 5 rings (SSSR count). The number of hydrogen-bond acceptors (Lipinski definition) is 7. The first kappa shape index (κ1) is 30.4. The third-order valence-corrected chi connectivity index (χ3v) is 8.22. The van der Waals surface area contributed by atoms with E-state index in [1.165, 1.54) is 0 Å². The van der Waals surface area contributed by atoms with Crippen molar-refractivity contribution in [2.45, 2.75) is 55.9 Å². The van der Waals surface area contributed by atoms with Crippen molar-refractivity contribution in [1.29, 1.82) is 0 Å². The number of carbonyl (C=O) groups is 2. The number of carbonyl (C=O) groups excluding carboxylic acids is 1. The van der Waals surface area contributed by atoms with Gasteiger partial charge in [-0.2, -0.15) is 0 Å². The van der Waals surface area contributed by atoms with Crippen LogP contribution in [0.25, 0.3) is 11.1 Å². The molecule has 1 aromatic heterocycles. The first-order valence-corrected chi connectivity index (χ1v) is 15.2. The molecule has 0 saturated carbocycles. The zero-order valence-electron chi connectivity index (χ0n) is 23.6. The predicted molar refractivity (Wildman–Crippen MR) is 164 cm³/mol. The predicted octanol–water partition coefficient (Wildman–Crippen LogP) is 6.06. The van der Waals surface area contributed by atoms with Gasteiger partial charge in [0, 0.05) is 36.9 Å². The average molecular weight is 599 g/mol. The highest BCUT2D eigenvalue weighted by molar-refractivity contribution is 7.99. The molecular formula is C34H34N2O6S. The topological polar surface area (TPSA) is 118 Å². The van der Waals surface area contributed by atoms with Gasteiger partial charge in [-0.05, 0) is 52.1 Å². The van der Waals surface area contributed by atoms with E-state index in [1.807, 2.05) is 84.9 Å². The standard InChI is InChI=1S/C34H34N2O6S/c37-21-23-10-12-25(13-11-23)30-19-29(22-43-32-9-1-2-16-35-32)41-34(42-30)28-8-4-7-27(18-28)26-6-3-5-24(17-26)20-36-31(38)14-15-33(39)40/h1-13,16-18,29-30,34,37H,14-15,19-22H2,(H,36,38)(H,39,40)/t29-,30+,34+/m0/s1. The van der Waals surface area contributed by atoms with Crippen LogP contribution in [0, 0.1) is 0 Å². The maximum Gasteiger partial charge on any atom is 0.303 e. The summed E-state index contributed by atoms with van der Waals surface area (Å²) in [5, 5.41) is 22.0. The van der Waals surface area contributed by atoms with E-state index in [0.717, 1.165) is 44.2 Å². The van der Waals surface area contributed by atoms with Gasteiger partial charge in [0.25, 0.3) is 0 Å². The van der Waals surface area contributed by atoms with Gasteiger partial charge in [0.15, 0.2) is 6.29 Å². The molecule has 1 amide bonds. The number of nitrogens with zero attached hydrogens (tertiary/aromatic N) is 1. The first-order chi connectivity index (χ1) is 21.0. The van der Waals surface area contributed by atoms with Gasteiger partial charge >= 0.3 is 5.97 Å². The quantitative estimate of drug-likeness (QED) is 0.169. The molecule has 3 atom stereocenters. The van der Waals surface area contributed by atoms with Crippen molar-refractivity contribution in [3.8, 4) is 11.1 Å². The van der Waals surface area contributed by atoms with Crippen LogP contribution in [0.3, 0.4) is 0 Å². The summed E-state index contributed by atoms with van der Waals surface area (Å²) in [4.78, 5) is 27.2. The number of carboxylic acid groups (broad SMARTS) is 1. The highest BCUT2D eigenvalue weighted by atomic mass is 32.2. The molecule has 3 aromatic carbocycles. The highest BCUT2D eigenvalue weighted by Crippen LogP contribution is 2.40. The summed E-state index contributed by atoms with van der Waals surface area (Å²) in [5.74, 6) is -0.563. The first-order valence-electron chi connectivity index (χ1n) is 14.2. The van der Waals surface area contributed by atoms with Crippen molar-refractivity contribution < 1.29 is 29.3 Å². The second-order valence-corrected chi connectivity index (χ2v) is 11.4. The Bertz CT molecular complexity index is 1520. The largest absolute Gasteiger partial charge is 0.481 e. The van der Waals surface area contributed by atoms with E-state index in [2.05, 4.69) is 16.4 Å². The van der Waals surface area contributed by atoms with E-state index in [-0.39, 0.29) is 37.6 Å². The molecule has 3 N–H and O–H groups in total. The van der Waals surface area contributed by atoms with E-state index in [4.69, 9.17) is 14.6 Å². The number of aromatic nitrogens is 1. The van der Waals surface area contributed by atoms with E-state index in [9.17, 15) is 14.7 Å². The minimum atomic E-state index is -0.993. The molecule has 1 aliphatic heterocycles. The van der Waals surface area contributed by atoms with Crippen LogP contribution in [0.2, 0.25) is 0 Å². The number of carboxylic acids is 1. The summed E-state index contributed by atoms with van der Waals surface area (Å²) in [5.41, 5.74) is 5.66. The summed E-state index contributed by atoms with van der Waals surface area (Å²) >= 11 is 1.66. The number of benzene rings is 3. The Labute approximate surface area is 255 Å². The van der Waals surface area contributed by atoms with E-state index in [1.54, 1.807) is 18.0 Å². The van der Waals surface area contributed by atoms with Crippen molar-refractivity contribution in [1.82, 2.24) is 10.3 Å². The highest BCUT2D eigenvalue weighted by Gasteiger charge is 2.32. The fourth-order valence-electron chi connectivity index (χ4n) is 4.87. The molecule has 0 bridgehead atoms. The van der Waals surface area contributed by atoms with Crippen molar-refractivity contribution in [3.63, 3.8) is 0 Å². The van der Waals surface area contributed by atoms with Gasteiger partial charge in [-0.25, -0.2) is 4.98 Å². The summed E-state index contributed by atoms with van der Waals surface area (Å²) < 4.78 is 13.0. The van der Waals surface area contributed by atoms with Crippen LogP contribution >= 0.6 is 11.8 Å². The third kappa shape index (κ3) is 8.75. The van der Waals surface area contributed by atoms with Crippen LogP contribution < -0.4 is 5.32 Å². The Morgan fingerprint density at radius 2 is 1.65 bits per heavy atom. The molecule has 2 heterocycles. The fourth-order valence-corrected chi connectivity index (χ4v) is 5.75. The smallest absolute Gasteiger partial charge is 0.303 e. The number of nitrogens with one attached hydrogen (secondary N) is 1. The van der Waals surface area contributed by atoms with Gasteiger partial charge in [-0.3, -0.25) is 9.59 Å². The summed E-state index contributed by atoms with van der Waals surface area (Å²) in [6.07, 6.45) is 1.39. The zero-order chi connectivity index (χ0) is 30.0. The number of ether oxygens (including phenoxy) is 2. The van der Waals surface area contributed by atoms with Crippen LogP contribution in [0.4, 0.5) is 0 Å². The summed E-state index contributed by atoms with van der Waals surface area (Å²) in [6.45, 7) is 0.305. The average Bonchev–Trinajstić information content (AvgIpc) is 3.06. The SMILES string of the molecule is O=C(O)CCC(=O)NCc1cccc(-c2cccc([C@@H]3O[C@H](CSc4ccccn4)C[C@H](c4ccc(CO)cc4)O3)c2)c1. The Kier molecular flexibility index (Phi) is 10.6. The molecule has 1 aliphatic rings. The summed E-state index contributed by atoms with van der Waals surface area (Å²) in [6, 6.07) is 29.7. The number of amides is 1. The Morgan fingerprint density at radius 1 is 0.860 bits per heavy atom. The van der Waals surface area contributed by atoms with Crippen LogP contribution in [0.5, 0.6) is 0 Å². The van der Waals surface area contributed by atoms with E-state index in [0.29, 0.717) is 13.0 Å². The number of thioether (sulfide) groups is 1. The van der Waals surface area contributed by atoms with Crippen LogP contribution in [-0.2, 0) is 32.2 Å². The fraction of sp³-hybridized carbons (Fsp3) is 0.265. The number of aliphatic carboxylic acids is 1. The molecule has 43 heavy (non-hydrogen) atoms. The van der Waals surface area contributed by atoms with Gasteiger partial charge < -0.3 is 25.0 Å². The lowest BCUT2D eigenvalue weighted by atomic mass is 9.99. The monoisotopic (exact) mass is 598 g/mol. The molecule has 8 nitrogen and oxygen atoms in total. The molecule has 0 aliphatic carbocycles. The molecule has 4 aromatic rings. The van der Waals surface area contributed by atoms with Crippen LogP contribution in [0.15, 0.2) is 102 Å². The van der Waals surface area contributed by atoms with Gasteiger partial charge in [-0.15, -0.1) is 11.8 Å². The molecule has 0 spiro atoms. The van der Waals surface area contributed by atoms with Crippen LogP contribution in [0.1, 0.15) is 53.9 Å². The van der Waals surface area contributed by atoms with Crippen LogP contribution in [-0.4, -0.2) is 38.9 Å². The Balaban J connectivity index is 1.32. The van der Waals surface area contributed by atoms with Gasteiger partial charge in [-0.1, -0.05) is 66.7 Å². The van der Waals surface area contributed by atoms with Crippen molar-refractivity contribution in [2.75, 3.05) is 5.75 Å². The molecule has 0 radical (unpaired) electrons. The Morgan fingerprint density at radius 3 is 2.40 bits per heavy atom. The third-order valence-electron chi connectivity index (χ3n) is 7.14. The number of pyridine rings is 1. The van der Waals surface area contributed by atoms with Gasteiger partial charge in [0.05, 0.1) is 30.3 Å². The maximum absolute atomic E-state index is 12.0. The molecular weight excluding hydrogens is 564 g/mol. The maximum atomic E-state index is 12.0. The number of hydrogen-bond donors (Lipinski definition) is 3. The molecule has 1 saturated heterocycles. The summed E-state index contributed by atoms with van der Waals surface area (Å²) in [7, 11) is 0. The van der Waals surface area contributed by atoms with E-state index >= 15 is 0 Å². The molecule has 1 fully saturated rings. The van der Waals surface area contributed by atoms with Crippen molar-refractivity contribution in [2.24, 2.45) is 0 Å². The second kappa shape index (κ2) is 14.9. The minimum Gasteiger partial charge on any atom is -0.481 e. The number of aliphatic hydroxyl groups is 1. The lowest BCUT2D eigenvalue weighted by Crippen LogP contribution is -2.31. The lowest BCUT2D eigenvalue weighted by molar-refractivity contribution is -0.245. The minimum absolute atomic E-state index is 0.00797. The number of rotatable bonds is 12. The molecule has 9 heteroatoms. The van der Waals surface area contributed by atoms with Crippen molar-refractivity contribution in [3.05, 3.63) is 119 Å². The zero-order valence-corrected chi connectivity index (χ0v) is 24.4. The second-order valence-electron chi connectivity index (χ2n) is 10.3. The van der Waals surface area contributed by atoms with Crippen molar-refractivity contribution >= 4 is 23.6 Å². The Hall–Kier alpha value is -4.02. The lowest BCUT2D eigenvalue weighted by Gasteiger charge is -2.36. The number of aliphatic hydroxyl groups excluding tert-OH is 1. The molecule has 222 valence electrons. The van der Waals surface area contributed by atoms with Gasteiger partial charge in [0.2, 0.25) is 5.91 Å². The normalized spacial score (nSPS) is 18.2. The van der Waals surface area contributed by atoms with E-state index < -0.39 is 12.3 Å². The molecule has 0 unspecified atom stereocenters.